The molecule has 0 amide bonds. The molecule has 0 saturated heterocycles. The molecule has 0 aliphatic heterocycles. The summed E-state index contributed by atoms with van der Waals surface area (Å²) in [4.78, 5) is 6.79. The molecule has 0 fully saturated rings. The number of rotatable bonds is 7. The van der Waals surface area contributed by atoms with Crippen molar-refractivity contribution in [2.45, 2.75) is 20.8 Å². The van der Waals surface area contributed by atoms with Crippen LogP contribution < -0.4 is 10.6 Å². The van der Waals surface area contributed by atoms with Crippen LogP contribution in [-0.4, -0.2) is 50.1 Å². The molecule has 0 heterocycles. The van der Waals surface area contributed by atoms with Crippen LogP contribution in [0.3, 0.4) is 0 Å². The Balaban J connectivity index is 0. The standard InChI is InChI=1S/C12H24N4.HI/c1-5-9-14-12(13-6-2)15-10-11-16(7-3)8-4;/h1H,6-11H2,2-4H3,(H2,13,14,15);1H. The summed E-state index contributed by atoms with van der Waals surface area (Å²) >= 11 is 0. The number of nitrogens with one attached hydrogen (secondary N) is 2. The predicted molar refractivity (Wildman–Crippen MR) is 86.0 cm³/mol. The van der Waals surface area contributed by atoms with Crippen LogP contribution in [0.25, 0.3) is 0 Å². The summed E-state index contributed by atoms with van der Waals surface area (Å²) in [6, 6.07) is 0. The van der Waals surface area contributed by atoms with Gasteiger partial charge in [-0.3, -0.25) is 4.99 Å². The highest BCUT2D eigenvalue weighted by Gasteiger charge is 1.98. The van der Waals surface area contributed by atoms with Crippen molar-refractivity contribution in [1.82, 2.24) is 15.5 Å². The van der Waals surface area contributed by atoms with Crippen molar-refractivity contribution < 1.29 is 0 Å². The largest absolute Gasteiger partial charge is 0.357 e. The van der Waals surface area contributed by atoms with Crippen molar-refractivity contribution in [3.05, 3.63) is 0 Å². The normalized spacial score (nSPS) is 10.6. The molecule has 0 spiro atoms. The van der Waals surface area contributed by atoms with E-state index in [9.17, 15) is 0 Å². The zero-order chi connectivity index (χ0) is 12.2. The van der Waals surface area contributed by atoms with E-state index in [0.717, 1.165) is 38.7 Å². The van der Waals surface area contributed by atoms with Crippen LogP contribution in [0, 0.1) is 12.3 Å². The number of hydrogen-bond donors (Lipinski definition) is 2. The van der Waals surface area contributed by atoms with E-state index in [0.29, 0.717) is 6.54 Å². The fourth-order valence-corrected chi connectivity index (χ4v) is 1.32. The van der Waals surface area contributed by atoms with E-state index in [4.69, 9.17) is 6.42 Å². The second-order valence-corrected chi connectivity index (χ2v) is 3.35. The molecular formula is C12H25IN4. The molecule has 0 bridgehead atoms. The van der Waals surface area contributed by atoms with Gasteiger partial charge in [-0.1, -0.05) is 19.8 Å². The Bertz CT molecular complexity index is 231. The maximum Gasteiger partial charge on any atom is 0.192 e. The number of hydrogen-bond acceptors (Lipinski definition) is 2. The highest BCUT2D eigenvalue weighted by molar-refractivity contribution is 14.0. The van der Waals surface area contributed by atoms with Gasteiger partial charge in [-0.25, -0.2) is 0 Å². The quantitative estimate of drug-likeness (QED) is 0.312. The molecule has 2 N–H and O–H groups in total. The fourth-order valence-electron chi connectivity index (χ4n) is 1.32. The molecule has 0 aliphatic rings. The van der Waals surface area contributed by atoms with Crippen molar-refractivity contribution in [1.29, 1.82) is 0 Å². The van der Waals surface area contributed by atoms with Gasteiger partial charge in [-0.05, 0) is 20.0 Å². The van der Waals surface area contributed by atoms with E-state index < -0.39 is 0 Å². The molecule has 0 atom stereocenters. The maximum absolute atomic E-state index is 5.19. The Morgan fingerprint density at radius 2 is 1.88 bits per heavy atom. The third kappa shape index (κ3) is 10.4. The van der Waals surface area contributed by atoms with E-state index in [2.05, 4.69) is 40.3 Å². The van der Waals surface area contributed by atoms with Crippen LogP contribution in [0.4, 0.5) is 0 Å². The monoisotopic (exact) mass is 352 g/mol. The van der Waals surface area contributed by atoms with E-state index in [1.807, 2.05) is 6.92 Å². The summed E-state index contributed by atoms with van der Waals surface area (Å²) < 4.78 is 0. The summed E-state index contributed by atoms with van der Waals surface area (Å²) in [5, 5.41) is 6.22. The molecule has 0 aromatic heterocycles. The van der Waals surface area contributed by atoms with Gasteiger partial charge < -0.3 is 15.5 Å². The molecule has 5 heteroatoms. The summed E-state index contributed by atoms with van der Waals surface area (Å²) in [6.07, 6.45) is 5.19. The van der Waals surface area contributed by atoms with Crippen molar-refractivity contribution in [2.24, 2.45) is 4.99 Å². The molecular weight excluding hydrogens is 327 g/mol. The van der Waals surface area contributed by atoms with E-state index >= 15 is 0 Å². The van der Waals surface area contributed by atoms with Crippen LogP contribution in [0.1, 0.15) is 20.8 Å². The zero-order valence-electron chi connectivity index (χ0n) is 11.1. The Morgan fingerprint density at radius 1 is 1.24 bits per heavy atom. The van der Waals surface area contributed by atoms with E-state index in [1.165, 1.54) is 0 Å². The summed E-state index contributed by atoms with van der Waals surface area (Å²) in [5.74, 6) is 3.33. The SMILES string of the molecule is C#CCNC(=NCCN(CC)CC)NCC.I. The molecule has 0 rings (SSSR count). The minimum absolute atomic E-state index is 0. The third-order valence-electron chi connectivity index (χ3n) is 2.28. The number of terminal acetylenes is 1. The Labute approximate surface area is 123 Å². The van der Waals surface area contributed by atoms with Crippen LogP contribution in [0.2, 0.25) is 0 Å². The fraction of sp³-hybridized carbons (Fsp3) is 0.750. The summed E-state index contributed by atoms with van der Waals surface area (Å²) in [6.45, 7) is 11.6. The van der Waals surface area contributed by atoms with Crippen molar-refractivity contribution in [3.8, 4) is 12.3 Å². The second kappa shape index (κ2) is 13.6. The topological polar surface area (TPSA) is 39.7 Å². The van der Waals surface area contributed by atoms with Gasteiger partial charge in [0.05, 0.1) is 13.1 Å². The average Bonchev–Trinajstić information content (AvgIpc) is 2.31. The molecule has 17 heavy (non-hydrogen) atoms. The number of halogens is 1. The lowest BCUT2D eigenvalue weighted by atomic mass is 10.5. The lowest BCUT2D eigenvalue weighted by Crippen LogP contribution is -2.38. The van der Waals surface area contributed by atoms with Crippen molar-refractivity contribution >= 4 is 29.9 Å². The molecule has 4 nitrogen and oxygen atoms in total. The molecule has 0 aromatic rings. The Kier molecular flexibility index (Phi) is 15.1. The first-order valence-electron chi connectivity index (χ1n) is 5.96. The van der Waals surface area contributed by atoms with Crippen LogP contribution in [0.5, 0.6) is 0 Å². The second-order valence-electron chi connectivity index (χ2n) is 3.35. The Hall–Kier alpha value is -0.480. The molecule has 0 saturated carbocycles. The van der Waals surface area contributed by atoms with Gasteiger partial charge in [-0.15, -0.1) is 30.4 Å². The molecule has 0 unspecified atom stereocenters. The molecule has 100 valence electrons. The zero-order valence-corrected chi connectivity index (χ0v) is 13.5. The van der Waals surface area contributed by atoms with Crippen molar-refractivity contribution in [3.63, 3.8) is 0 Å². The minimum atomic E-state index is 0. The summed E-state index contributed by atoms with van der Waals surface area (Å²) in [7, 11) is 0. The smallest absolute Gasteiger partial charge is 0.192 e. The van der Waals surface area contributed by atoms with Crippen LogP contribution in [0.15, 0.2) is 4.99 Å². The van der Waals surface area contributed by atoms with Gasteiger partial charge in [0.2, 0.25) is 0 Å². The van der Waals surface area contributed by atoms with Gasteiger partial charge in [0.15, 0.2) is 5.96 Å². The van der Waals surface area contributed by atoms with Gasteiger partial charge in [0.1, 0.15) is 0 Å². The number of nitrogens with zero attached hydrogens (tertiary/aromatic N) is 2. The van der Waals surface area contributed by atoms with Crippen LogP contribution in [-0.2, 0) is 0 Å². The molecule has 0 radical (unpaired) electrons. The van der Waals surface area contributed by atoms with E-state index in [-0.39, 0.29) is 24.0 Å². The lowest BCUT2D eigenvalue weighted by Gasteiger charge is -2.16. The third-order valence-corrected chi connectivity index (χ3v) is 2.28. The molecule has 0 aliphatic carbocycles. The minimum Gasteiger partial charge on any atom is -0.357 e. The van der Waals surface area contributed by atoms with Gasteiger partial charge in [0.25, 0.3) is 0 Å². The van der Waals surface area contributed by atoms with Gasteiger partial charge in [0, 0.05) is 13.1 Å². The van der Waals surface area contributed by atoms with Gasteiger partial charge in [-0.2, -0.15) is 0 Å². The summed E-state index contributed by atoms with van der Waals surface area (Å²) in [5.41, 5.74) is 0. The van der Waals surface area contributed by atoms with Crippen molar-refractivity contribution in [2.75, 3.05) is 39.3 Å². The Morgan fingerprint density at radius 3 is 2.35 bits per heavy atom. The highest BCUT2D eigenvalue weighted by Crippen LogP contribution is 1.86. The first-order valence-corrected chi connectivity index (χ1v) is 5.96. The van der Waals surface area contributed by atoms with Crippen LogP contribution >= 0.6 is 24.0 Å². The van der Waals surface area contributed by atoms with Gasteiger partial charge >= 0.3 is 0 Å². The lowest BCUT2D eigenvalue weighted by molar-refractivity contribution is 0.313. The average molecular weight is 352 g/mol. The predicted octanol–water partition coefficient (Wildman–Crippen LogP) is 1.13. The maximum atomic E-state index is 5.19. The highest BCUT2D eigenvalue weighted by atomic mass is 127. The number of guanidine groups is 1. The number of likely N-dealkylation sites (N-methyl/N-ethyl adjacent to an activating group) is 1. The van der Waals surface area contributed by atoms with E-state index in [1.54, 1.807) is 0 Å². The first kappa shape index (κ1) is 18.9. The first-order chi connectivity index (χ1) is 7.78. The number of aliphatic imine (C=N–C) groups is 1. The molecule has 0 aromatic carbocycles.